The van der Waals surface area contributed by atoms with Gasteiger partial charge >= 0.3 is 6.03 Å². The summed E-state index contributed by atoms with van der Waals surface area (Å²) in [6.45, 7) is 7.26. The van der Waals surface area contributed by atoms with Crippen molar-refractivity contribution < 1.29 is 13.6 Å². The maximum atomic E-state index is 15.0. The highest BCUT2D eigenvalue weighted by Crippen LogP contribution is 2.33. The number of pyridine rings is 1. The van der Waals surface area contributed by atoms with Gasteiger partial charge in [0.2, 0.25) is 0 Å². The molecule has 0 saturated heterocycles. The Balaban J connectivity index is 1.94. The van der Waals surface area contributed by atoms with Crippen molar-refractivity contribution in [1.29, 1.82) is 0 Å². The van der Waals surface area contributed by atoms with Gasteiger partial charge in [0.15, 0.2) is 5.82 Å². The minimum Gasteiger partial charge on any atom is -0.328 e. The summed E-state index contributed by atoms with van der Waals surface area (Å²) in [5.41, 5.74) is 1.33. The van der Waals surface area contributed by atoms with Crippen molar-refractivity contribution in [3.05, 3.63) is 64.2 Å². The van der Waals surface area contributed by atoms with Gasteiger partial charge in [0, 0.05) is 40.8 Å². The molecule has 1 atom stereocenters. The SMILES string of the molecule is CCN(N=C(C)C)C(=O)NC(C)c1ncc(-c2cc(Cl)cc(F)c2-n2cc(Cl)cn2)cc1F. The fourth-order valence-corrected chi connectivity index (χ4v) is 3.53. The minimum atomic E-state index is -0.742. The molecule has 11 heteroatoms. The third-order valence-electron chi connectivity index (χ3n) is 4.59. The van der Waals surface area contributed by atoms with E-state index in [0.717, 1.165) is 6.07 Å². The van der Waals surface area contributed by atoms with Crippen molar-refractivity contribution in [2.24, 2.45) is 5.10 Å². The summed E-state index contributed by atoms with van der Waals surface area (Å²) >= 11 is 12.0. The van der Waals surface area contributed by atoms with Gasteiger partial charge in [-0.3, -0.25) is 4.98 Å². The third kappa shape index (κ3) is 5.66. The van der Waals surface area contributed by atoms with Crippen LogP contribution in [0.4, 0.5) is 13.6 Å². The molecule has 1 N–H and O–H groups in total. The van der Waals surface area contributed by atoms with Crippen LogP contribution >= 0.6 is 23.2 Å². The maximum absolute atomic E-state index is 15.0. The summed E-state index contributed by atoms with van der Waals surface area (Å²) in [4.78, 5) is 16.6. The van der Waals surface area contributed by atoms with Gasteiger partial charge in [-0.1, -0.05) is 23.2 Å². The van der Waals surface area contributed by atoms with Gasteiger partial charge < -0.3 is 5.32 Å². The molecule has 0 aliphatic carbocycles. The van der Waals surface area contributed by atoms with Crippen molar-refractivity contribution in [3.8, 4) is 16.8 Å². The van der Waals surface area contributed by atoms with Crippen molar-refractivity contribution in [1.82, 2.24) is 25.1 Å². The molecule has 3 aromatic rings. The van der Waals surface area contributed by atoms with Gasteiger partial charge in [0.25, 0.3) is 0 Å². The lowest BCUT2D eigenvalue weighted by Crippen LogP contribution is -2.38. The average molecular weight is 495 g/mol. The number of rotatable bonds is 6. The largest absolute Gasteiger partial charge is 0.338 e. The standard InChI is InChI=1S/C22H22Cl2F2N6O/c1-5-31(30-12(2)3)22(33)29-13(4)20-18(25)6-14(9-27-20)17-7-15(23)8-19(26)21(17)32-11-16(24)10-28-32/h6-11,13H,5H2,1-4H3,(H,29,33). The highest BCUT2D eigenvalue weighted by molar-refractivity contribution is 6.31. The van der Waals surface area contributed by atoms with Crippen LogP contribution in [-0.2, 0) is 0 Å². The fraction of sp³-hybridized carbons (Fsp3) is 0.273. The van der Waals surface area contributed by atoms with Crippen LogP contribution in [0.15, 0.2) is 41.9 Å². The molecule has 0 aliphatic rings. The van der Waals surface area contributed by atoms with E-state index < -0.39 is 23.7 Å². The topological polar surface area (TPSA) is 75.4 Å². The number of hydrogen-bond donors (Lipinski definition) is 1. The van der Waals surface area contributed by atoms with E-state index in [1.807, 2.05) is 0 Å². The van der Waals surface area contributed by atoms with E-state index in [0.29, 0.717) is 17.3 Å². The van der Waals surface area contributed by atoms with Crippen molar-refractivity contribution in [2.45, 2.75) is 33.7 Å². The fourth-order valence-electron chi connectivity index (χ4n) is 3.19. The Hall–Kier alpha value is -3.04. The first-order chi connectivity index (χ1) is 15.6. The summed E-state index contributed by atoms with van der Waals surface area (Å²) < 4.78 is 31.1. The number of halogens is 4. The number of carbonyl (C=O) groups excluding carboxylic acids is 1. The van der Waals surface area contributed by atoms with Gasteiger partial charge in [0.05, 0.1) is 23.0 Å². The molecule has 2 aromatic heterocycles. The highest BCUT2D eigenvalue weighted by Gasteiger charge is 2.21. The van der Waals surface area contributed by atoms with Gasteiger partial charge in [-0.2, -0.15) is 10.2 Å². The van der Waals surface area contributed by atoms with E-state index in [1.54, 1.807) is 27.7 Å². The van der Waals surface area contributed by atoms with Crippen molar-refractivity contribution in [3.63, 3.8) is 0 Å². The molecule has 7 nitrogen and oxygen atoms in total. The Bertz CT molecular complexity index is 1210. The van der Waals surface area contributed by atoms with E-state index in [1.165, 1.54) is 40.4 Å². The number of urea groups is 1. The van der Waals surface area contributed by atoms with Gasteiger partial charge in [-0.25, -0.2) is 23.3 Å². The van der Waals surface area contributed by atoms with Crippen LogP contribution in [0.25, 0.3) is 16.8 Å². The van der Waals surface area contributed by atoms with Gasteiger partial charge in [0.1, 0.15) is 11.5 Å². The first kappa shape index (κ1) is 24.6. The monoisotopic (exact) mass is 494 g/mol. The molecule has 0 fully saturated rings. The molecule has 174 valence electrons. The Labute approximate surface area is 200 Å². The predicted octanol–water partition coefficient (Wildman–Crippen LogP) is 6.01. The lowest BCUT2D eigenvalue weighted by molar-refractivity contribution is 0.199. The molecule has 0 saturated carbocycles. The second-order valence-corrected chi connectivity index (χ2v) is 8.28. The molecule has 0 bridgehead atoms. The highest BCUT2D eigenvalue weighted by atomic mass is 35.5. The first-order valence-electron chi connectivity index (χ1n) is 10.1. The summed E-state index contributed by atoms with van der Waals surface area (Å²) in [6.07, 6.45) is 4.16. The molecule has 2 heterocycles. The zero-order valence-electron chi connectivity index (χ0n) is 18.4. The second kappa shape index (κ2) is 10.3. The summed E-state index contributed by atoms with van der Waals surface area (Å²) in [7, 11) is 0. The Morgan fingerprint density at radius 3 is 2.48 bits per heavy atom. The maximum Gasteiger partial charge on any atom is 0.338 e. The molecule has 1 aromatic carbocycles. The summed E-state index contributed by atoms with van der Waals surface area (Å²) in [6, 6.07) is 2.60. The van der Waals surface area contributed by atoms with Crippen LogP contribution < -0.4 is 5.32 Å². The Morgan fingerprint density at radius 2 is 1.91 bits per heavy atom. The first-order valence-corrected chi connectivity index (χ1v) is 10.8. The number of hydrogen-bond acceptors (Lipinski definition) is 4. The third-order valence-corrected chi connectivity index (χ3v) is 5.01. The molecular formula is C22H22Cl2F2N6O. The number of nitrogens with zero attached hydrogens (tertiary/aromatic N) is 5. The van der Waals surface area contributed by atoms with E-state index in [2.05, 4.69) is 20.5 Å². The molecular weight excluding hydrogens is 473 g/mol. The zero-order chi connectivity index (χ0) is 24.3. The van der Waals surface area contributed by atoms with Crippen LogP contribution in [0.3, 0.4) is 0 Å². The molecule has 0 aliphatic heterocycles. The predicted molar refractivity (Wildman–Crippen MR) is 125 cm³/mol. The van der Waals surface area contributed by atoms with Gasteiger partial charge in [-0.15, -0.1) is 0 Å². The Morgan fingerprint density at radius 1 is 1.18 bits per heavy atom. The normalized spacial score (nSPS) is 11.8. The van der Waals surface area contributed by atoms with Crippen molar-refractivity contribution in [2.75, 3.05) is 6.54 Å². The number of nitrogens with one attached hydrogen (secondary N) is 1. The lowest BCUT2D eigenvalue weighted by atomic mass is 10.0. The van der Waals surface area contributed by atoms with Crippen LogP contribution in [0, 0.1) is 11.6 Å². The van der Waals surface area contributed by atoms with Crippen LogP contribution in [0.1, 0.15) is 39.4 Å². The molecule has 1 unspecified atom stereocenters. The average Bonchev–Trinajstić information content (AvgIpc) is 3.16. The number of hydrazone groups is 1. The van der Waals surface area contributed by atoms with Crippen LogP contribution in [-0.4, -0.2) is 38.1 Å². The Kier molecular flexibility index (Phi) is 7.65. The smallest absolute Gasteiger partial charge is 0.328 e. The second-order valence-electron chi connectivity index (χ2n) is 7.41. The molecule has 2 amide bonds. The van der Waals surface area contributed by atoms with E-state index in [-0.39, 0.29) is 27.5 Å². The van der Waals surface area contributed by atoms with E-state index >= 15 is 4.39 Å². The summed E-state index contributed by atoms with van der Waals surface area (Å²) in [5, 5.41) is 12.5. The number of aromatic nitrogens is 3. The van der Waals surface area contributed by atoms with E-state index in [9.17, 15) is 9.18 Å². The van der Waals surface area contributed by atoms with Crippen LogP contribution in [0.2, 0.25) is 10.0 Å². The lowest BCUT2D eigenvalue weighted by Gasteiger charge is -2.20. The van der Waals surface area contributed by atoms with Gasteiger partial charge in [-0.05, 0) is 45.9 Å². The minimum absolute atomic E-state index is 0.0199. The van der Waals surface area contributed by atoms with Crippen LogP contribution in [0.5, 0.6) is 0 Å². The molecule has 33 heavy (non-hydrogen) atoms. The quantitative estimate of drug-likeness (QED) is 0.336. The zero-order valence-corrected chi connectivity index (χ0v) is 19.9. The molecule has 0 spiro atoms. The number of benzene rings is 1. The van der Waals surface area contributed by atoms with Crippen molar-refractivity contribution >= 4 is 34.9 Å². The van der Waals surface area contributed by atoms with E-state index in [4.69, 9.17) is 23.2 Å². The number of amides is 2. The number of carbonyl (C=O) groups is 1. The summed E-state index contributed by atoms with van der Waals surface area (Å²) in [5.74, 6) is -1.34. The molecule has 0 radical (unpaired) electrons. The molecule has 3 rings (SSSR count).